The van der Waals surface area contributed by atoms with Crippen LogP contribution in [-0.4, -0.2) is 46.4 Å². The SMILES string of the molecule is CCOc1cccc2sc(N3CCC(NC(=O)c4cc(C)nn4C)CC3)nc12. The highest BCUT2D eigenvalue weighted by atomic mass is 32.1. The Labute approximate surface area is 168 Å². The Kier molecular flexibility index (Phi) is 5.21. The van der Waals surface area contributed by atoms with E-state index in [1.807, 2.05) is 32.0 Å². The topological polar surface area (TPSA) is 72.3 Å². The second-order valence-corrected chi connectivity index (χ2v) is 8.07. The number of piperidine rings is 1. The van der Waals surface area contributed by atoms with Crippen LogP contribution in [-0.2, 0) is 7.05 Å². The number of thiazole rings is 1. The lowest BCUT2D eigenvalue weighted by molar-refractivity contribution is 0.0921. The number of aryl methyl sites for hydroxylation is 2. The zero-order chi connectivity index (χ0) is 19.7. The quantitative estimate of drug-likeness (QED) is 0.714. The van der Waals surface area contributed by atoms with Gasteiger partial charge in [0, 0.05) is 26.2 Å². The third kappa shape index (κ3) is 3.69. The molecule has 1 fully saturated rings. The Morgan fingerprint density at radius 1 is 1.36 bits per heavy atom. The summed E-state index contributed by atoms with van der Waals surface area (Å²) in [4.78, 5) is 19.6. The van der Waals surface area contributed by atoms with Crippen LogP contribution in [0.25, 0.3) is 10.2 Å². The molecule has 3 aromatic rings. The maximum atomic E-state index is 12.5. The van der Waals surface area contributed by atoms with Crippen LogP contribution < -0.4 is 15.0 Å². The second kappa shape index (κ2) is 7.79. The Morgan fingerprint density at radius 3 is 2.82 bits per heavy atom. The number of anilines is 1. The van der Waals surface area contributed by atoms with Crippen molar-refractivity contribution in [3.8, 4) is 5.75 Å². The molecule has 1 aliphatic heterocycles. The van der Waals surface area contributed by atoms with Crippen molar-refractivity contribution in [3.63, 3.8) is 0 Å². The molecule has 1 amide bonds. The lowest BCUT2D eigenvalue weighted by atomic mass is 10.1. The van der Waals surface area contributed by atoms with Gasteiger partial charge in [-0.2, -0.15) is 5.10 Å². The predicted molar refractivity (Wildman–Crippen MR) is 111 cm³/mol. The first-order valence-corrected chi connectivity index (χ1v) is 10.5. The van der Waals surface area contributed by atoms with Crippen LogP contribution in [0.1, 0.15) is 35.9 Å². The fraction of sp³-hybridized carbons (Fsp3) is 0.450. The van der Waals surface area contributed by atoms with Crippen molar-refractivity contribution in [2.45, 2.75) is 32.7 Å². The minimum atomic E-state index is -0.0529. The number of hydrogen-bond donors (Lipinski definition) is 1. The summed E-state index contributed by atoms with van der Waals surface area (Å²) in [6, 6.07) is 8.06. The summed E-state index contributed by atoms with van der Waals surface area (Å²) in [5.41, 5.74) is 2.39. The molecule has 7 nitrogen and oxygen atoms in total. The third-order valence-corrected chi connectivity index (χ3v) is 6.09. The largest absolute Gasteiger partial charge is 0.492 e. The molecule has 28 heavy (non-hydrogen) atoms. The zero-order valence-electron chi connectivity index (χ0n) is 16.4. The van der Waals surface area contributed by atoms with Gasteiger partial charge in [0.05, 0.1) is 17.0 Å². The molecule has 1 aromatic carbocycles. The number of carbonyl (C=O) groups is 1. The van der Waals surface area contributed by atoms with E-state index in [4.69, 9.17) is 9.72 Å². The van der Waals surface area contributed by atoms with Gasteiger partial charge in [-0.15, -0.1) is 0 Å². The first kappa shape index (κ1) is 18.7. The summed E-state index contributed by atoms with van der Waals surface area (Å²) in [5.74, 6) is 0.791. The lowest BCUT2D eigenvalue weighted by Gasteiger charge is -2.32. The normalized spacial score (nSPS) is 15.2. The number of ether oxygens (including phenoxy) is 1. The van der Waals surface area contributed by atoms with Crippen LogP contribution in [0.3, 0.4) is 0 Å². The summed E-state index contributed by atoms with van der Waals surface area (Å²) in [6.07, 6.45) is 1.80. The van der Waals surface area contributed by atoms with Crippen molar-refractivity contribution in [2.75, 3.05) is 24.6 Å². The van der Waals surface area contributed by atoms with E-state index in [2.05, 4.69) is 21.4 Å². The van der Waals surface area contributed by atoms with Crippen molar-refractivity contribution in [1.29, 1.82) is 0 Å². The molecule has 8 heteroatoms. The van der Waals surface area contributed by atoms with Gasteiger partial charge in [-0.25, -0.2) is 4.98 Å². The molecule has 0 radical (unpaired) electrons. The van der Waals surface area contributed by atoms with Gasteiger partial charge in [-0.1, -0.05) is 17.4 Å². The molecule has 0 bridgehead atoms. The highest BCUT2D eigenvalue weighted by Gasteiger charge is 2.24. The van der Waals surface area contributed by atoms with Crippen molar-refractivity contribution < 1.29 is 9.53 Å². The van der Waals surface area contributed by atoms with E-state index in [0.717, 1.165) is 52.7 Å². The number of para-hydroxylation sites is 1. The van der Waals surface area contributed by atoms with E-state index in [1.54, 1.807) is 23.1 Å². The van der Waals surface area contributed by atoms with Crippen molar-refractivity contribution in [3.05, 3.63) is 35.7 Å². The van der Waals surface area contributed by atoms with Gasteiger partial charge in [0.15, 0.2) is 5.13 Å². The Balaban J connectivity index is 1.40. The highest BCUT2D eigenvalue weighted by molar-refractivity contribution is 7.22. The summed E-state index contributed by atoms with van der Waals surface area (Å²) >= 11 is 1.70. The summed E-state index contributed by atoms with van der Waals surface area (Å²) < 4.78 is 8.48. The lowest BCUT2D eigenvalue weighted by Crippen LogP contribution is -2.45. The second-order valence-electron chi connectivity index (χ2n) is 7.06. The first-order valence-electron chi connectivity index (χ1n) is 9.64. The van der Waals surface area contributed by atoms with E-state index in [0.29, 0.717) is 12.3 Å². The molecular formula is C20H25N5O2S. The molecule has 2 aromatic heterocycles. The van der Waals surface area contributed by atoms with Gasteiger partial charge >= 0.3 is 0 Å². The average molecular weight is 400 g/mol. The van der Waals surface area contributed by atoms with Gasteiger partial charge in [-0.05, 0) is 44.9 Å². The van der Waals surface area contributed by atoms with Crippen LogP contribution in [0, 0.1) is 6.92 Å². The van der Waals surface area contributed by atoms with Gasteiger partial charge in [-0.3, -0.25) is 9.48 Å². The molecule has 4 rings (SSSR count). The number of carbonyl (C=O) groups excluding carboxylic acids is 1. The third-order valence-electron chi connectivity index (χ3n) is 5.01. The molecule has 1 aliphatic rings. The zero-order valence-corrected chi connectivity index (χ0v) is 17.3. The molecule has 0 spiro atoms. The van der Waals surface area contributed by atoms with E-state index >= 15 is 0 Å². The minimum Gasteiger partial charge on any atom is -0.492 e. The van der Waals surface area contributed by atoms with Gasteiger partial charge in [0.1, 0.15) is 17.0 Å². The number of aromatic nitrogens is 3. The number of rotatable bonds is 5. The Morgan fingerprint density at radius 2 is 2.14 bits per heavy atom. The molecule has 0 aliphatic carbocycles. The van der Waals surface area contributed by atoms with Gasteiger partial charge in [0.2, 0.25) is 0 Å². The number of amides is 1. The van der Waals surface area contributed by atoms with E-state index in [1.165, 1.54) is 0 Å². The fourth-order valence-electron chi connectivity index (χ4n) is 3.62. The number of nitrogens with one attached hydrogen (secondary N) is 1. The minimum absolute atomic E-state index is 0.0529. The summed E-state index contributed by atoms with van der Waals surface area (Å²) in [5, 5.41) is 8.42. The molecule has 3 heterocycles. The van der Waals surface area contributed by atoms with Crippen molar-refractivity contribution in [2.24, 2.45) is 7.05 Å². The predicted octanol–water partition coefficient (Wildman–Crippen LogP) is 3.14. The maximum Gasteiger partial charge on any atom is 0.269 e. The average Bonchev–Trinajstić information content (AvgIpc) is 3.26. The van der Waals surface area contributed by atoms with Crippen LogP contribution in [0.15, 0.2) is 24.3 Å². The molecule has 0 saturated carbocycles. The number of nitrogens with zero attached hydrogens (tertiary/aromatic N) is 4. The van der Waals surface area contributed by atoms with E-state index in [9.17, 15) is 4.79 Å². The summed E-state index contributed by atoms with van der Waals surface area (Å²) in [7, 11) is 1.80. The number of hydrogen-bond acceptors (Lipinski definition) is 6. The molecule has 148 valence electrons. The van der Waals surface area contributed by atoms with E-state index in [-0.39, 0.29) is 11.9 Å². The van der Waals surface area contributed by atoms with Crippen LogP contribution in [0.5, 0.6) is 5.75 Å². The van der Waals surface area contributed by atoms with E-state index < -0.39 is 0 Å². The van der Waals surface area contributed by atoms with Gasteiger partial charge in [0.25, 0.3) is 5.91 Å². The molecular weight excluding hydrogens is 374 g/mol. The number of benzene rings is 1. The summed E-state index contributed by atoms with van der Waals surface area (Å²) in [6.45, 7) is 6.26. The Hall–Kier alpha value is -2.61. The standard InChI is InChI=1S/C20H25N5O2S/c1-4-27-16-6-5-7-17-18(16)22-20(28-17)25-10-8-14(9-11-25)21-19(26)15-12-13(2)23-24(15)3/h5-7,12,14H,4,8-11H2,1-3H3,(H,21,26). The monoisotopic (exact) mass is 399 g/mol. The van der Waals surface area contributed by atoms with Crippen LogP contribution in [0.2, 0.25) is 0 Å². The highest BCUT2D eigenvalue weighted by Crippen LogP contribution is 2.35. The van der Waals surface area contributed by atoms with Crippen LogP contribution in [0.4, 0.5) is 5.13 Å². The maximum absolute atomic E-state index is 12.5. The van der Waals surface area contributed by atoms with Crippen molar-refractivity contribution >= 4 is 32.6 Å². The van der Waals surface area contributed by atoms with Crippen LogP contribution >= 0.6 is 11.3 Å². The molecule has 0 unspecified atom stereocenters. The fourth-order valence-corrected chi connectivity index (χ4v) is 4.65. The van der Waals surface area contributed by atoms with Gasteiger partial charge < -0.3 is 15.0 Å². The Bertz CT molecular complexity index is 988. The van der Waals surface area contributed by atoms with Crippen molar-refractivity contribution in [1.82, 2.24) is 20.1 Å². The molecule has 1 N–H and O–H groups in total. The smallest absolute Gasteiger partial charge is 0.269 e. The first-order chi connectivity index (χ1) is 13.5. The number of fused-ring (bicyclic) bond motifs is 1. The molecule has 0 atom stereocenters. The molecule has 1 saturated heterocycles.